The average Bonchev–Trinajstić information content (AvgIpc) is 2.29. The van der Waals surface area contributed by atoms with Gasteiger partial charge in [0.1, 0.15) is 12.8 Å². The van der Waals surface area contributed by atoms with E-state index >= 15 is 0 Å². The molecule has 6 heteroatoms. The molecule has 0 aliphatic rings. The molecule has 0 radical (unpaired) electrons. The van der Waals surface area contributed by atoms with Crippen LogP contribution in [-0.4, -0.2) is 49.0 Å². The molecule has 106 valence electrons. The van der Waals surface area contributed by atoms with Crippen LogP contribution in [0.25, 0.3) is 0 Å². The van der Waals surface area contributed by atoms with Crippen LogP contribution in [0.4, 0.5) is 0 Å². The van der Waals surface area contributed by atoms with Crippen molar-refractivity contribution in [1.29, 1.82) is 0 Å². The number of carbonyl (C=O) groups is 1. The number of likely N-dealkylation sites (N-methyl/N-ethyl adjacent to an activating group) is 1. The molecule has 0 saturated carbocycles. The van der Waals surface area contributed by atoms with Crippen LogP contribution >= 0.6 is 0 Å². The molecule has 0 unspecified atom stereocenters. The predicted molar refractivity (Wildman–Crippen MR) is 70.4 cm³/mol. The Kier molecular flexibility index (Phi) is 8.33. The van der Waals surface area contributed by atoms with Crippen molar-refractivity contribution >= 4 is 12.1 Å². The number of quaternary nitrogens is 1. The summed E-state index contributed by atoms with van der Waals surface area (Å²) in [6, 6.07) is 10.2. The SMILES string of the molecule is C[N+](C)(CCNC(=O)/C=N/O)Cc1ccccc1.[I-]. The highest BCUT2D eigenvalue weighted by molar-refractivity contribution is 6.25. The monoisotopic (exact) mass is 377 g/mol. The van der Waals surface area contributed by atoms with Gasteiger partial charge in [0.05, 0.1) is 27.2 Å². The molecule has 0 aromatic heterocycles. The molecule has 0 bridgehead atoms. The van der Waals surface area contributed by atoms with Crippen molar-refractivity contribution in [2.24, 2.45) is 5.16 Å². The van der Waals surface area contributed by atoms with Gasteiger partial charge in [0.25, 0.3) is 5.91 Å². The quantitative estimate of drug-likeness (QED) is 0.195. The van der Waals surface area contributed by atoms with Crippen LogP contribution in [0.1, 0.15) is 5.56 Å². The maximum absolute atomic E-state index is 11.1. The van der Waals surface area contributed by atoms with Crippen molar-refractivity contribution in [3.63, 3.8) is 0 Å². The summed E-state index contributed by atoms with van der Waals surface area (Å²) in [7, 11) is 4.22. The fourth-order valence-corrected chi connectivity index (χ4v) is 1.74. The van der Waals surface area contributed by atoms with E-state index in [1.165, 1.54) is 5.56 Å². The minimum atomic E-state index is -0.378. The highest BCUT2D eigenvalue weighted by Crippen LogP contribution is 2.07. The van der Waals surface area contributed by atoms with E-state index in [0.717, 1.165) is 23.8 Å². The molecule has 0 atom stereocenters. The van der Waals surface area contributed by atoms with Gasteiger partial charge in [0.15, 0.2) is 0 Å². The van der Waals surface area contributed by atoms with Gasteiger partial charge >= 0.3 is 0 Å². The van der Waals surface area contributed by atoms with Crippen LogP contribution in [-0.2, 0) is 11.3 Å². The molecule has 0 spiro atoms. The van der Waals surface area contributed by atoms with Crippen LogP contribution in [0.3, 0.4) is 0 Å². The molecule has 0 saturated heterocycles. The van der Waals surface area contributed by atoms with Gasteiger partial charge in [-0.25, -0.2) is 0 Å². The van der Waals surface area contributed by atoms with Crippen molar-refractivity contribution in [3.05, 3.63) is 35.9 Å². The first kappa shape index (κ1) is 17.8. The lowest BCUT2D eigenvalue weighted by Crippen LogP contribution is -3.00. The molecule has 19 heavy (non-hydrogen) atoms. The normalized spacial score (nSPS) is 11.1. The van der Waals surface area contributed by atoms with Gasteiger partial charge in [-0.3, -0.25) is 4.79 Å². The average molecular weight is 377 g/mol. The number of carbonyl (C=O) groups excluding carboxylic acids is 1. The highest BCUT2D eigenvalue weighted by Gasteiger charge is 2.15. The largest absolute Gasteiger partial charge is 1.00 e. The number of hydrogen-bond acceptors (Lipinski definition) is 3. The lowest BCUT2D eigenvalue weighted by molar-refractivity contribution is -0.902. The van der Waals surface area contributed by atoms with Gasteiger partial charge in [-0.2, -0.15) is 0 Å². The van der Waals surface area contributed by atoms with E-state index in [9.17, 15) is 4.79 Å². The molecule has 2 N–H and O–H groups in total. The van der Waals surface area contributed by atoms with E-state index in [4.69, 9.17) is 5.21 Å². The summed E-state index contributed by atoms with van der Waals surface area (Å²) in [4.78, 5) is 11.1. The zero-order chi connectivity index (χ0) is 13.4. The number of amides is 1. The second kappa shape index (κ2) is 8.87. The fraction of sp³-hybridized carbons (Fsp3) is 0.385. The molecule has 1 rings (SSSR count). The molecule has 0 heterocycles. The van der Waals surface area contributed by atoms with E-state index in [2.05, 4.69) is 36.7 Å². The minimum absolute atomic E-state index is 0. The first-order valence-electron chi connectivity index (χ1n) is 5.85. The number of halogens is 1. The van der Waals surface area contributed by atoms with Crippen LogP contribution < -0.4 is 29.3 Å². The molecular formula is C13H20IN3O2. The highest BCUT2D eigenvalue weighted by atomic mass is 127. The second-order valence-corrected chi connectivity index (χ2v) is 4.84. The van der Waals surface area contributed by atoms with Crippen LogP contribution in [0.15, 0.2) is 35.5 Å². The van der Waals surface area contributed by atoms with Gasteiger partial charge in [-0.05, 0) is 0 Å². The topological polar surface area (TPSA) is 61.7 Å². The van der Waals surface area contributed by atoms with Gasteiger partial charge in [-0.1, -0.05) is 35.5 Å². The van der Waals surface area contributed by atoms with Gasteiger partial charge in [0, 0.05) is 5.56 Å². The van der Waals surface area contributed by atoms with E-state index in [-0.39, 0.29) is 29.9 Å². The zero-order valence-electron chi connectivity index (χ0n) is 11.2. The van der Waals surface area contributed by atoms with Gasteiger partial charge < -0.3 is 39.0 Å². The Labute approximate surface area is 130 Å². The van der Waals surface area contributed by atoms with Crippen molar-refractivity contribution in [1.82, 2.24) is 5.32 Å². The molecular weight excluding hydrogens is 357 g/mol. The van der Waals surface area contributed by atoms with E-state index in [1.807, 2.05) is 18.2 Å². The smallest absolute Gasteiger partial charge is 0.266 e. The van der Waals surface area contributed by atoms with Gasteiger partial charge in [-0.15, -0.1) is 0 Å². The van der Waals surface area contributed by atoms with Gasteiger partial charge in [0.2, 0.25) is 0 Å². The van der Waals surface area contributed by atoms with Crippen LogP contribution in [0.2, 0.25) is 0 Å². The molecule has 1 amide bonds. The Morgan fingerprint density at radius 2 is 2.00 bits per heavy atom. The number of oxime groups is 1. The first-order valence-corrected chi connectivity index (χ1v) is 5.85. The lowest BCUT2D eigenvalue weighted by atomic mass is 10.2. The summed E-state index contributed by atoms with van der Waals surface area (Å²) in [5, 5.41) is 13.5. The second-order valence-electron chi connectivity index (χ2n) is 4.84. The maximum Gasteiger partial charge on any atom is 0.266 e. The Morgan fingerprint density at radius 1 is 1.37 bits per heavy atom. The first-order chi connectivity index (χ1) is 8.53. The number of nitrogens with one attached hydrogen (secondary N) is 1. The Hall–Kier alpha value is -1.15. The van der Waals surface area contributed by atoms with Crippen LogP contribution in [0, 0.1) is 0 Å². The molecule has 0 fully saturated rings. The summed E-state index contributed by atoms with van der Waals surface area (Å²) >= 11 is 0. The van der Waals surface area contributed by atoms with E-state index in [0.29, 0.717) is 6.54 Å². The summed E-state index contributed by atoms with van der Waals surface area (Å²) in [5.41, 5.74) is 1.27. The van der Waals surface area contributed by atoms with Crippen molar-refractivity contribution in [3.8, 4) is 0 Å². The van der Waals surface area contributed by atoms with Crippen molar-refractivity contribution in [2.45, 2.75) is 6.54 Å². The predicted octanol–water partition coefficient (Wildman–Crippen LogP) is -2.16. The van der Waals surface area contributed by atoms with E-state index in [1.54, 1.807) is 0 Å². The Bertz CT molecular complexity index is 408. The number of nitrogens with zero attached hydrogens (tertiary/aromatic N) is 2. The molecule has 1 aromatic rings. The molecule has 0 aliphatic carbocycles. The van der Waals surface area contributed by atoms with E-state index < -0.39 is 0 Å². The summed E-state index contributed by atoms with van der Waals surface area (Å²) < 4.78 is 0.778. The summed E-state index contributed by atoms with van der Waals surface area (Å²) in [6.07, 6.45) is 0.858. The fourth-order valence-electron chi connectivity index (χ4n) is 1.74. The zero-order valence-corrected chi connectivity index (χ0v) is 13.4. The number of hydrogen-bond donors (Lipinski definition) is 2. The summed E-state index contributed by atoms with van der Waals surface area (Å²) in [5.74, 6) is -0.378. The number of benzene rings is 1. The van der Waals surface area contributed by atoms with Crippen molar-refractivity contribution < 1.29 is 38.5 Å². The Balaban J connectivity index is 0.00000324. The minimum Gasteiger partial charge on any atom is -1.00 e. The lowest BCUT2D eigenvalue weighted by Gasteiger charge is -2.29. The standard InChI is InChI=1S/C13H19N3O2.HI/c1-16(2,9-8-14-13(17)10-15-18)11-12-6-4-3-5-7-12;/h3-7,10H,8-9,11H2,1-2H3,(H-,14,17,18);1H. The summed E-state index contributed by atoms with van der Waals surface area (Å²) in [6.45, 7) is 2.26. The van der Waals surface area contributed by atoms with Crippen LogP contribution in [0.5, 0.6) is 0 Å². The molecule has 1 aromatic carbocycles. The number of rotatable bonds is 6. The molecule has 5 nitrogen and oxygen atoms in total. The molecule has 0 aliphatic heterocycles. The third-order valence-corrected chi connectivity index (χ3v) is 2.64. The maximum atomic E-state index is 11.1. The van der Waals surface area contributed by atoms with Crippen molar-refractivity contribution in [2.75, 3.05) is 27.2 Å². The Morgan fingerprint density at radius 3 is 2.58 bits per heavy atom. The third-order valence-electron chi connectivity index (χ3n) is 2.64. The third kappa shape index (κ3) is 7.78.